The monoisotopic (exact) mass is 348 g/mol. The van der Waals surface area contributed by atoms with Gasteiger partial charge in [-0.2, -0.15) is 0 Å². The van der Waals surface area contributed by atoms with Gasteiger partial charge in [0, 0.05) is 17.0 Å². The molecule has 1 aromatic carbocycles. The first-order valence-electron chi connectivity index (χ1n) is 7.84. The molecule has 1 amide bonds. The number of nitrogens with one attached hydrogen (secondary N) is 2. The van der Waals surface area contributed by atoms with Gasteiger partial charge >= 0.3 is 0 Å². The van der Waals surface area contributed by atoms with Gasteiger partial charge in [-0.05, 0) is 62.5 Å². The van der Waals surface area contributed by atoms with E-state index >= 15 is 0 Å². The molecule has 7 heteroatoms. The Bertz CT molecular complexity index is 610. The third kappa shape index (κ3) is 5.30. The molecule has 1 aliphatic heterocycles. The SMILES string of the molecule is O=C(CCC1CCNCC1)Nc1ccc(Sc2nncs2)cc1. The lowest BCUT2D eigenvalue weighted by molar-refractivity contribution is -0.116. The van der Waals surface area contributed by atoms with Crippen molar-refractivity contribution in [3.05, 3.63) is 29.8 Å². The van der Waals surface area contributed by atoms with Crippen molar-refractivity contribution in [1.29, 1.82) is 0 Å². The van der Waals surface area contributed by atoms with Crippen molar-refractivity contribution >= 4 is 34.7 Å². The standard InChI is InChI=1S/C16H20N4OS2/c21-15(6-1-12-7-9-17-10-8-12)19-13-2-4-14(5-3-13)23-16-20-18-11-22-16/h2-5,11-12,17H,1,6-10H2,(H,19,21). The highest BCUT2D eigenvalue weighted by molar-refractivity contribution is 8.01. The van der Waals surface area contributed by atoms with Crippen molar-refractivity contribution < 1.29 is 4.79 Å². The summed E-state index contributed by atoms with van der Waals surface area (Å²) in [5.74, 6) is 0.792. The minimum atomic E-state index is 0.105. The van der Waals surface area contributed by atoms with Crippen LogP contribution in [0.3, 0.4) is 0 Å². The second-order valence-electron chi connectivity index (χ2n) is 5.61. The topological polar surface area (TPSA) is 66.9 Å². The van der Waals surface area contributed by atoms with Gasteiger partial charge in [-0.15, -0.1) is 10.2 Å². The summed E-state index contributed by atoms with van der Waals surface area (Å²) in [6, 6.07) is 7.86. The van der Waals surface area contributed by atoms with Crippen LogP contribution in [-0.2, 0) is 4.79 Å². The molecule has 0 atom stereocenters. The Labute approximate surface area is 144 Å². The molecule has 0 aliphatic carbocycles. The molecular weight excluding hydrogens is 328 g/mol. The Balaban J connectivity index is 1.44. The third-order valence-electron chi connectivity index (χ3n) is 3.92. The minimum Gasteiger partial charge on any atom is -0.326 e. The largest absolute Gasteiger partial charge is 0.326 e. The minimum absolute atomic E-state index is 0.105. The van der Waals surface area contributed by atoms with Gasteiger partial charge in [0.1, 0.15) is 5.51 Å². The maximum Gasteiger partial charge on any atom is 0.224 e. The van der Waals surface area contributed by atoms with Gasteiger partial charge in [-0.3, -0.25) is 4.79 Å². The zero-order valence-electron chi connectivity index (χ0n) is 12.8. The number of hydrogen-bond acceptors (Lipinski definition) is 6. The van der Waals surface area contributed by atoms with Crippen LogP contribution in [0.2, 0.25) is 0 Å². The van der Waals surface area contributed by atoms with Crippen LogP contribution < -0.4 is 10.6 Å². The van der Waals surface area contributed by atoms with E-state index in [-0.39, 0.29) is 5.91 Å². The summed E-state index contributed by atoms with van der Waals surface area (Å²) in [5.41, 5.74) is 2.57. The van der Waals surface area contributed by atoms with Crippen molar-refractivity contribution in [2.75, 3.05) is 18.4 Å². The molecule has 1 aromatic heterocycles. The second-order valence-corrected chi connectivity index (χ2v) is 7.77. The number of anilines is 1. The summed E-state index contributed by atoms with van der Waals surface area (Å²) < 4.78 is 0.920. The van der Waals surface area contributed by atoms with Gasteiger partial charge in [0.25, 0.3) is 0 Å². The van der Waals surface area contributed by atoms with Gasteiger partial charge < -0.3 is 10.6 Å². The zero-order chi connectivity index (χ0) is 15.9. The maximum atomic E-state index is 12.0. The Morgan fingerprint density at radius 2 is 2.09 bits per heavy atom. The van der Waals surface area contributed by atoms with E-state index < -0.39 is 0 Å². The molecule has 1 aliphatic rings. The average Bonchev–Trinajstić information content (AvgIpc) is 3.09. The van der Waals surface area contributed by atoms with Crippen LogP contribution in [0.15, 0.2) is 39.0 Å². The van der Waals surface area contributed by atoms with Crippen molar-refractivity contribution in [1.82, 2.24) is 15.5 Å². The average molecular weight is 348 g/mol. The summed E-state index contributed by atoms with van der Waals surface area (Å²) in [6.07, 6.45) is 3.96. The molecule has 1 saturated heterocycles. The highest BCUT2D eigenvalue weighted by atomic mass is 32.2. The molecule has 0 bridgehead atoms. The Kier molecular flexibility index (Phi) is 6.01. The molecule has 23 heavy (non-hydrogen) atoms. The van der Waals surface area contributed by atoms with Gasteiger partial charge in [0.15, 0.2) is 4.34 Å². The first kappa shape index (κ1) is 16.4. The van der Waals surface area contributed by atoms with E-state index in [4.69, 9.17) is 0 Å². The van der Waals surface area contributed by atoms with Crippen molar-refractivity contribution in [2.24, 2.45) is 5.92 Å². The number of amides is 1. The lowest BCUT2D eigenvalue weighted by atomic mass is 9.93. The van der Waals surface area contributed by atoms with E-state index in [1.165, 1.54) is 24.2 Å². The van der Waals surface area contributed by atoms with E-state index in [9.17, 15) is 4.79 Å². The summed E-state index contributed by atoms with van der Waals surface area (Å²) in [4.78, 5) is 13.1. The molecule has 0 radical (unpaired) electrons. The number of benzene rings is 1. The van der Waals surface area contributed by atoms with E-state index in [0.29, 0.717) is 12.3 Å². The van der Waals surface area contributed by atoms with Gasteiger partial charge in [-0.1, -0.05) is 23.1 Å². The number of carbonyl (C=O) groups excluding carboxylic acids is 1. The van der Waals surface area contributed by atoms with Crippen molar-refractivity contribution in [3.63, 3.8) is 0 Å². The lowest BCUT2D eigenvalue weighted by Crippen LogP contribution is -2.28. The quantitative estimate of drug-likeness (QED) is 0.837. The van der Waals surface area contributed by atoms with Crippen LogP contribution in [-0.4, -0.2) is 29.2 Å². The molecule has 0 saturated carbocycles. The van der Waals surface area contributed by atoms with E-state index in [0.717, 1.165) is 34.4 Å². The van der Waals surface area contributed by atoms with Gasteiger partial charge in [0.2, 0.25) is 5.91 Å². The summed E-state index contributed by atoms with van der Waals surface area (Å²) in [6.45, 7) is 2.17. The van der Waals surface area contributed by atoms with Crippen LogP contribution in [0.1, 0.15) is 25.7 Å². The highest BCUT2D eigenvalue weighted by Gasteiger charge is 2.14. The smallest absolute Gasteiger partial charge is 0.224 e. The maximum absolute atomic E-state index is 12.0. The van der Waals surface area contributed by atoms with Crippen LogP contribution in [0, 0.1) is 5.92 Å². The zero-order valence-corrected chi connectivity index (χ0v) is 14.5. The summed E-state index contributed by atoms with van der Waals surface area (Å²) >= 11 is 3.10. The lowest BCUT2D eigenvalue weighted by Gasteiger charge is -2.22. The number of rotatable bonds is 6. The molecule has 2 heterocycles. The Morgan fingerprint density at radius 1 is 1.30 bits per heavy atom. The molecule has 3 rings (SSSR count). The fourth-order valence-corrected chi connectivity index (χ4v) is 4.09. The number of nitrogens with zero attached hydrogens (tertiary/aromatic N) is 2. The third-order valence-corrected chi connectivity index (χ3v) is 5.71. The molecule has 1 fully saturated rings. The number of hydrogen-bond donors (Lipinski definition) is 2. The molecule has 5 nitrogen and oxygen atoms in total. The normalized spacial score (nSPS) is 15.5. The number of piperidine rings is 1. The van der Waals surface area contributed by atoms with Gasteiger partial charge in [-0.25, -0.2) is 0 Å². The van der Waals surface area contributed by atoms with Crippen LogP contribution in [0.5, 0.6) is 0 Å². The fourth-order valence-electron chi connectivity index (χ4n) is 2.64. The predicted molar refractivity (Wildman–Crippen MR) is 93.9 cm³/mol. The summed E-state index contributed by atoms with van der Waals surface area (Å²) in [7, 11) is 0. The fraction of sp³-hybridized carbons (Fsp3) is 0.438. The Morgan fingerprint density at radius 3 is 2.78 bits per heavy atom. The van der Waals surface area contributed by atoms with Crippen LogP contribution in [0.4, 0.5) is 5.69 Å². The molecule has 2 aromatic rings. The number of aromatic nitrogens is 2. The van der Waals surface area contributed by atoms with Crippen LogP contribution >= 0.6 is 23.1 Å². The Hall–Kier alpha value is -1.44. The van der Waals surface area contributed by atoms with E-state index in [1.54, 1.807) is 17.3 Å². The van der Waals surface area contributed by atoms with Crippen molar-refractivity contribution in [2.45, 2.75) is 34.9 Å². The van der Waals surface area contributed by atoms with E-state index in [2.05, 4.69) is 20.8 Å². The molecule has 122 valence electrons. The molecule has 0 unspecified atom stereocenters. The summed E-state index contributed by atoms with van der Waals surface area (Å²) in [5, 5.41) is 14.2. The van der Waals surface area contributed by atoms with E-state index in [1.807, 2.05) is 24.3 Å². The van der Waals surface area contributed by atoms with Crippen LogP contribution in [0.25, 0.3) is 0 Å². The number of carbonyl (C=O) groups is 1. The molecular formula is C16H20N4OS2. The predicted octanol–water partition coefficient (Wildman–Crippen LogP) is 3.41. The first-order chi connectivity index (χ1) is 11.3. The van der Waals surface area contributed by atoms with Crippen molar-refractivity contribution in [3.8, 4) is 0 Å². The molecule has 0 spiro atoms. The first-order valence-corrected chi connectivity index (χ1v) is 9.54. The van der Waals surface area contributed by atoms with Gasteiger partial charge in [0.05, 0.1) is 0 Å². The highest BCUT2D eigenvalue weighted by Crippen LogP contribution is 2.29. The second kappa shape index (κ2) is 8.42. The molecule has 2 N–H and O–H groups in total.